The van der Waals surface area contributed by atoms with Gasteiger partial charge >= 0.3 is 5.97 Å². The topological polar surface area (TPSA) is 67.9 Å². The van der Waals surface area contributed by atoms with Gasteiger partial charge in [0.05, 0.1) is 7.11 Å². The van der Waals surface area contributed by atoms with Crippen LogP contribution in [0.2, 0.25) is 0 Å². The van der Waals surface area contributed by atoms with Crippen molar-refractivity contribution in [2.24, 2.45) is 0 Å². The van der Waals surface area contributed by atoms with Crippen molar-refractivity contribution in [3.63, 3.8) is 0 Å². The quantitative estimate of drug-likeness (QED) is 0.712. The molecule has 0 aliphatic carbocycles. The van der Waals surface area contributed by atoms with Gasteiger partial charge in [-0.3, -0.25) is 0 Å². The number of aromatic nitrogens is 3. The SMILES string of the molecule is COC(=O)c1cc2cnc(-c3ccccc3)nc2[nH]1. The van der Waals surface area contributed by atoms with Crippen LogP contribution < -0.4 is 0 Å². The van der Waals surface area contributed by atoms with Gasteiger partial charge in [-0.05, 0) is 6.07 Å². The molecule has 0 atom stereocenters. The number of methoxy groups -OCH3 is 1. The normalized spacial score (nSPS) is 10.6. The minimum Gasteiger partial charge on any atom is -0.464 e. The third-order valence-electron chi connectivity index (χ3n) is 2.81. The van der Waals surface area contributed by atoms with E-state index in [1.807, 2.05) is 30.3 Å². The van der Waals surface area contributed by atoms with Gasteiger partial charge in [-0.1, -0.05) is 30.3 Å². The predicted octanol–water partition coefficient (Wildman–Crippen LogP) is 2.41. The summed E-state index contributed by atoms with van der Waals surface area (Å²) in [4.78, 5) is 23.1. The summed E-state index contributed by atoms with van der Waals surface area (Å²) >= 11 is 0. The molecule has 0 aliphatic heterocycles. The van der Waals surface area contributed by atoms with Crippen molar-refractivity contribution in [1.82, 2.24) is 15.0 Å². The van der Waals surface area contributed by atoms with Gasteiger partial charge in [-0.25, -0.2) is 14.8 Å². The van der Waals surface area contributed by atoms with E-state index in [4.69, 9.17) is 0 Å². The summed E-state index contributed by atoms with van der Waals surface area (Å²) in [5, 5.41) is 0.778. The lowest BCUT2D eigenvalue weighted by Gasteiger charge is -1.98. The van der Waals surface area contributed by atoms with Crippen LogP contribution in [0.15, 0.2) is 42.6 Å². The van der Waals surface area contributed by atoms with Crippen LogP contribution in [0, 0.1) is 0 Å². The molecule has 5 heteroatoms. The molecule has 0 saturated carbocycles. The molecular weight excluding hydrogens is 242 g/mol. The predicted molar refractivity (Wildman–Crippen MR) is 70.7 cm³/mol. The van der Waals surface area contributed by atoms with Gasteiger partial charge in [0, 0.05) is 17.1 Å². The van der Waals surface area contributed by atoms with E-state index in [-0.39, 0.29) is 0 Å². The summed E-state index contributed by atoms with van der Waals surface area (Å²) in [7, 11) is 1.34. The Labute approximate surface area is 109 Å². The first-order chi connectivity index (χ1) is 9.28. The van der Waals surface area contributed by atoms with Crippen LogP contribution in [-0.2, 0) is 4.74 Å². The Morgan fingerprint density at radius 3 is 2.79 bits per heavy atom. The molecule has 0 radical (unpaired) electrons. The van der Waals surface area contributed by atoms with Gasteiger partial charge < -0.3 is 9.72 Å². The highest BCUT2D eigenvalue weighted by Crippen LogP contribution is 2.18. The van der Waals surface area contributed by atoms with Crippen LogP contribution in [0.1, 0.15) is 10.5 Å². The number of ether oxygens (including phenoxy) is 1. The summed E-state index contributed by atoms with van der Waals surface area (Å²) in [5.41, 5.74) is 1.92. The van der Waals surface area contributed by atoms with Gasteiger partial charge in [-0.2, -0.15) is 0 Å². The van der Waals surface area contributed by atoms with E-state index >= 15 is 0 Å². The number of nitrogens with one attached hydrogen (secondary N) is 1. The second-order valence-electron chi connectivity index (χ2n) is 4.04. The van der Waals surface area contributed by atoms with Gasteiger partial charge in [0.25, 0.3) is 0 Å². The number of fused-ring (bicyclic) bond motifs is 1. The maximum Gasteiger partial charge on any atom is 0.354 e. The van der Waals surface area contributed by atoms with Crippen molar-refractivity contribution in [2.45, 2.75) is 0 Å². The lowest BCUT2D eigenvalue weighted by atomic mass is 10.2. The average Bonchev–Trinajstić information content (AvgIpc) is 2.90. The maximum atomic E-state index is 11.4. The van der Waals surface area contributed by atoms with Crippen LogP contribution in [0.5, 0.6) is 0 Å². The van der Waals surface area contributed by atoms with Crippen molar-refractivity contribution in [3.8, 4) is 11.4 Å². The zero-order chi connectivity index (χ0) is 13.2. The number of esters is 1. The second kappa shape index (κ2) is 4.53. The molecule has 0 unspecified atom stereocenters. The molecule has 1 N–H and O–H groups in total. The highest BCUT2D eigenvalue weighted by molar-refractivity contribution is 5.93. The van der Waals surface area contributed by atoms with E-state index in [1.165, 1.54) is 7.11 Å². The molecule has 5 nitrogen and oxygen atoms in total. The van der Waals surface area contributed by atoms with E-state index in [0.717, 1.165) is 10.9 Å². The van der Waals surface area contributed by atoms with Crippen LogP contribution in [0.3, 0.4) is 0 Å². The molecule has 94 valence electrons. The molecule has 0 saturated heterocycles. The minimum absolute atomic E-state index is 0.372. The number of aromatic amines is 1. The van der Waals surface area contributed by atoms with Crippen LogP contribution in [0.25, 0.3) is 22.4 Å². The monoisotopic (exact) mass is 253 g/mol. The largest absolute Gasteiger partial charge is 0.464 e. The number of carbonyl (C=O) groups excluding carboxylic acids is 1. The Hall–Kier alpha value is -2.69. The summed E-state index contributed by atoms with van der Waals surface area (Å²) < 4.78 is 4.66. The highest BCUT2D eigenvalue weighted by atomic mass is 16.5. The smallest absolute Gasteiger partial charge is 0.354 e. The lowest BCUT2D eigenvalue weighted by molar-refractivity contribution is 0.0595. The molecule has 1 aromatic carbocycles. The van der Waals surface area contributed by atoms with E-state index in [1.54, 1.807) is 12.3 Å². The van der Waals surface area contributed by atoms with E-state index in [0.29, 0.717) is 17.2 Å². The van der Waals surface area contributed by atoms with Crippen LogP contribution >= 0.6 is 0 Å². The van der Waals surface area contributed by atoms with Gasteiger partial charge in [0.2, 0.25) is 0 Å². The van der Waals surface area contributed by atoms with E-state index < -0.39 is 5.97 Å². The Morgan fingerprint density at radius 2 is 2.05 bits per heavy atom. The zero-order valence-corrected chi connectivity index (χ0v) is 10.3. The van der Waals surface area contributed by atoms with Gasteiger partial charge in [0.15, 0.2) is 5.82 Å². The fourth-order valence-corrected chi connectivity index (χ4v) is 1.86. The molecule has 2 aromatic heterocycles. The number of benzene rings is 1. The molecule has 0 aliphatic rings. The van der Waals surface area contributed by atoms with Gasteiger partial charge in [-0.15, -0.1) is 0 Å². The molecule has 3 rings (SSSR count). The zero-order valence-electron chi connectivity index (χ0n) is 10.3. The van der Waals surface area contributed by atoms with E-state index in [2.05, 4.69) is 19.7 Å². The number of carbonyl (C=O) groups is 1. The Balaban J connectivity index is 2.09. The van der Waals surface area contributed by atoms with Crippen molar-refractivity contribution < 1.29 is 9.53 Å². The van der Waals surface area contributed by atoms with Crippen molar-refractivity contribution in [2.75, 3.05) is 7.11 Å². The van der Waals surface area contributed by atoms with Gasteiger partial charge in [0.1, 0.15) is 11.3 Å². The van der Waals surface area contributed by atoms with Crippen LogP contribution in [-0.4, -0.2) is 28.0 Å². The lowest BCUT2D eigenvalue weighted by Crippen LogP contribution is -2.00. The summed E-state index contributed by atoms with van der Waals surface area (Å²) in [6.07, 6.45) is 1.69. The number of rotatable bonds is 2. The first-order valence-electron chi connectivity index (χ1n) is 5.77. The average molecular weight is 253 g/mol. The number of hydrogen-bond donors (Lipinski definition) is 1. The number of nitrogens with zero attached hydrogens (tertiary/aromatic N) is 2. The van der Waals surface area contributed by atoms with Crippen molar-refractivity contribution in [3.05, 3.63) is 48.3 Å². The maximum absolute atomic E-state index is 11.4. The molecule has 2 heterocycles. The molecule has 0 fully saturated rings. The number of hydrogen-bond acceptors (Lipinski definition) is 4. The first-order valence-corrected chi connectivity index (χ1v) is 5.77. The molecule has 0 bridgehead atoms. The molecule has 0 spiro atoms. The third-order valence-corrected chi connectivity index (χ3v) is 2.81. The third kappa shape index (κ3) is 2.06. The summed E-state index contributed by atoms with van der Waals surface area (Å²) in [6.45, 7) is 0. The van der Waals surface area contributed by atoms with Crippen molar-refractivity contribution in [1.29, 1.82) is 0 Å². The second-order valence-corrected chi connectivity index (χ2v) is 4.04. The van der Waals surface area contributed by atoms with Crippen molar-refractivity contribution >= 4 is 17.0 Å². The summed E-state index contributed by atoms with van der Waals surface area (Å²) in [5.74, 6) is 0.200. The fraction of sp³-hybridized carbons (Fsp3) is 0.0714. The Bertz CT molecular complexity index is 735. The highest BCUT2D eigenvalue weighted by Gasteiger charge is 2.11. The fourth-order valence-electron chi connectivity index (χ4n) is 1.86. The minimum atomic E-state index is -0.417. The Morgan fingerprint density at radius 1 is 1.26 bits per heavy atom. The molecular formula is C14H11N3O2. The van der Waals surface area contributed by atoms with Crippen LogP contribution in [0.4, 0.5) is 0 Å². The standard InChI is InChI=1S/C14H11N3O2/c1-19-14(18)11-7-10-8-15-12(17-13(10)16-11)9-5-3-2-4-6-9/h2-8H,1H3,(H,15,16,17). The van der Waals surface area contributed by atoms with E-state index in [9.17, 15) is 4.79 Å². The summed E-state index contributed by atoms with van der Waals surface area (Å²) in [6, 6.07) is 11.3. The molecule has 3 aromatic rings. The molecule has 19 heavy (non-hydrogen) atoms. The number of H-pyrrole nitrogens is 1. The Kier molecular flexibility index (Phi) is 2.72. The molecule has 0 amide bonds. The first kappa shape index (κ1) is 11.4.